The van der Waals surface area contributed by atoms with Crippen molar-refractivity contribution < 1.29 is 22.7 Å². The zero-order valence-corrected chi connectivity index (χ0v) is 18.6. The van der Waals surface area contributed by atoms with Crippen LogP contribution in [0.5, 0.6) is 5.75 Å². The van der Waals surface area contributed by atoms with Gasteiger partial charge in [-0.3, -0.25) is 9.10 Å². The minimum absolute atomic E-state index is 0.0173. The molecule has 0 aliphatic rings. The van der Waals surface area contributed by atoms with E-state index in [0.29, 0.717) is 5.56 Å². The molecule has 34 heavy (non-hydrogen) atoms. The minimum Gasteiger partial charge on any atom is -0.507 e. The highest BCUT2D eigenvalue weighted by atomic mass is 32.2. The summed E-state index contributed by atoms with van der Waals surface area (Å²) in [5.74, 6) is -1.28. The summed E-state index contributed by atoms with van der Waals surface area (Å²) in [7, 11) is -4.12. The number of nitrogens with zero attached hydrogens (tertiary/aromatic N) is 2. The van der Waals surface area contributed by atoms with Crippen LogP contribution in [0.4, 0.5) is 10.1 Å². The van der Waals surface area contributed by atoms with Crippen molar-refractivity contribution in [2.24, 2.45) is 5.10 Å². The summed E-state index contributed by atoms with van der Waals surface area (Å²) in [5, 5.41) is 15.7. The Morgan fingerprint density at radius 3 is 2.35 bits per heavy atom. The lowest BCUT2D eigenvalue weighted by Crippen LogP contribution is -2.39. The summed E-state index contributed by atoms with van der Waals surface area (Å²) in [6.07, 6.45) is 1.30. The van der Waals surface area contributed by atoms with E-state index in [1.165, 1.54) is 36.5 Å². The fourth-order valence-corrected chi connectivity index (χ4v) is 4.84. The Labute approximate surface area is 195 Å². The number of fused-ring (bicyclic) bond motifs is 1. The number of carbonyl (C=O) groups excluding carboxylic acids is 1. The molecule has 0 saturated carbocycles. The number of rotatable bonds is 7. The fourth-order valence-electron chi connectivity index (χ4n) is 3.40. The molecule has 0 fully saturated rings. The number of aromatic hydroxyl groups is 1. The summed E-state index contributed by atoms with van der Waals surface area (Å²) in [5.41, 5.74) is 2.83. The van der Waals surface area contributed by atoms with Crippen LogP contribution >= 0.6 is 0 Å². The highest BCUT2D eigenvalue weighted by Crippen LogP contribution is 2.26. The quantitative estimate of drug-likeness (QED) is 0.310. The van der Waals surface area contributed by atoms with Gasteiger partial charge < -0.3 is 5.11 Å². The second kappa shape index (κ2) is 9.72. The van der Waals surface area contributed by atoms with Crippen LogP contribution in [0.25, 0.3) is 10.8 Å². The van der Waals surface area contributed by atoms with Crippen molar-refractivity contribution >= 4 is 38.6 Å². The van der Waals surface area contributed by atoms with E-state index in [1.807, 2.05) is 18.2 Å². The molecule has 1 amide bonds. The molecule has 9 heteroatoms. The molecule has 7 nitrogen and oxygen atoms in total. The van der Waals surface area contributed by atoms with Crippen LogP contribution in [0.15, 0.2) is 101 Å². The predicted molar refractivity (Wildman–Crippen MR) is 129 cm³/mol. The third-order valence-corrected chi connectivity index (χ3v) is 6.85. The Bertz CT molecular complexity index is 1460. The van der Waals surface area contributed by atoms with Crippen LogP contribution in [0, 0.1) is 5.82 Å². The first-order valence-electron chi connectivity index (χ1n) is 10.2. The molecule has 0 heterocycles. The molecule has 0 bridgehead atoms. The molecule has 0 saturated heterocycles. The molecule has 0 aliphatic heterocycles. The first-order valence-corrected chi connectivity index (χ1v) is 11.7. The van der Waals surface area contributed by atoms with Crippen molar-refractivity contribution in [3.63, 3.8) is 0 Å². The lowest BCUT2D eigenvalue weighted by atomic mass is 10.0. The smallest absolute Gasteiger partial charge is 0.264 e. The maximum Gasteiger partial charge on any atom is 0.264 e. The van der Waals surface area contributed by atoms with Gasteiger partial charge in [0.15, 0.2) is 0 Å². The summed E-state index contributed by atoms with van der Waals surface area (Å²) in [6.45, 7) is -0.596. The van der Waals surface area contributed by atoms with Gasteiger partial charge in [-0.25, -0.2) is 18.2 Å². The molecule has 4 aromatic carbocycles. The average Bonchev–Trinajstić information content (AvgIpc) is 2.85. The zero-order chi connectivity index (χ0) is 24.1. The fraction of sp³-hybridized carbons (Fsp3) is 0.0400. The van der Waals surface area contributed by atoms with Gasteiger partial charge >= 0.3 is 0 Å². The number of anilines is 1. The van der Waals surface area contributed by atoms with Gasteiger partial charge in [0, 0.05) is 5.56 Å². The second-order valence-electron chi connectivity index (χ2n) is 7.31. The van der Waals surface area contributed by atoms with Gasteiger partial charge in [-0.15, -0.1) is 0 Å². The van der Waals surface area contributed by atoms with Gasteiger partial charge in [-0.1, -0.05) is 48.5 Å². The number of phenolic OH excluding ortho intramolecular Hbond substituents is 1. The van der Waals surface area contributed by atoms with Crippen LogP contribution in [0.1, 0.15) is 5.56 Å². The molecule has 4 aromatic rings. The van der Waals surface area contributed by atoms with Crippen molar-refractivity contribution in [3.05, 3.63) is 102 Å². The third-order valence-electron chi connectivity index (χ3n) is 5.06. The zero-order valence-electron chi connectivity index (χ0n) is 17.8. The van der Waals surface area contributed by atoms with Gasteiger partial charge in [0.05, 0.1) is 16.8 Å². The van der Waals surface area contributed by atoms with Crippen molar-refractivity contribution in [3.8, 4) is 5.75 Å². The van der Waals surface area contributed by atoms with Crippen LogP contribution in [-0.4, -0.2) is 32.2 Å². The maximum atomic E-state index is 13.4. The number of benzene rings is 4. The summed E-state index contributed by atoms with van der Waals surface area (Å²) in [4.78, 5) is 12.6. The SMILES string of the molecule is O=C(CN(c1ccc(F)cc1)S(=O)(=O)c1ccccc1)N/N=C\c1c(O)ccc2ccccc12. The molecular formula is C25H20FN3O4S. The molecule has 0 radical (unpaired) electrons. The second-order valence-corrected chi connectivity index (χ2v) is 9.18. The molecule has 2 N–H and O–H groups in total. The van der Waals surface area contributed by atoms with Gasteiger partial charge in [-0.2, -0.15) is 5.10 Å². The van der Waals surface area contributed by atoms with Gasteiger partial charge in [-0.05, 0) is 53.2 Å². The topological polar surface area (TPSA) is 99.1 Å². The Hall–Kier alpha value is -4.24. The lowest BCUT2D eigenvalue weighted by molar-refractivity contribution is -0.119. The summed E-state index contributed by atoms with van der Waals surface area (Å²) >= 11 is 0. The van der Waals surface area contributed by atoms with Crippen LogP contribution in [0.3, 0.4) is 0 Å². The van der Waals surface area contributed by atoms with E-state index < -0.39 is 28.3 Å². The standard InChI is InChI=1S/C25H20FN3O4S/c26-19-11-13-20(14-12-19)29(34(32,33)21-7-2-1-3-8-21)17-25(31)28-27-16-23-22-9-5-4-6-18(22)10-15-24(23)30/h1-16,30H,17H2,(H,28,31)/b27-16-. The Balaban J connectivity index is 1.58. The van der Waals surface area contributed by atoms with Gasteiger partial charge in [0.1, 0.15) is 18.1 Å². The van der Waals surface area contributed by atoms with Crippen molar-refractivity contribution in [1.82, 2.24) is 5.43 Å². The van der Waals surface area contributed by atoms with Crippen molar-refractivity contribution in [2.45, 2.75) is 4.90 Å². The summed E-state index contributed by atoms with van der Waals surface area (Å²) in [6, 6.07) is 23.0. The van der Waals surface area contributed by atoms with Crippen molar-refractivity contribution in [1.29, 1.82) is 0 Å². The van der Waals surface area contributed by atoms with E-state index in [-0.39, 0.29) is 16.3 Å². The van der Waals surface area contributed by atoms with Crippen molar-refractivity contribution in [2.75, 3.05) is 10.8 Å². The lowest BCUT2D eigenvalue weighted by Gasteiger charge is -2.23. The number of phenols is 1. The predicted octanol–water partition coefficient (Wildman–Crippen LogP) is 4.03. The number of hydrazone groups is 1. The number of halogens is 1. The van der Waals surface area contributed by atoms with Gasteiger partial charge in [0.2, 0.25) is 0 Å². The van der Waals surface area contributed by atoms with E-state index in [2.05, 4.69) is 10.5 Å². The normalized spacial score (nSPS) is 11.6. The Morgan fingerprint density at radius 2 is 1.62 bits per heavy atom. The molecule has 0 spiro atoms. The Morgan fingerprint density at radius 1 is 0.941 bits per heavy atom. The van der Waals surface area contributed by atoms with E-state index in [9.17, 15) is 22.7 Å². The molecule has 0 unspecified atom stereocenters. The molecule has 4 rings (SSSR count). The van der Waals surface area contributed by atoms with Crippen LogP contribution < -0.4 is 9.73 Å². The Kier molecular flexibility index (Phi) is 6.55. The molecule has 0 aliphatic carbocycles. The maximum absolute atomic E-state index is 13.4. The number of hydrogen-bond acceptors (Lipinski definition) is 5. The van der Waals surface area contributed by atoms with E-state index in [0.717, 1.165) is 27.2 Å². The average molecular weight is 478 g/mol. The summed E-state index contributed by atoms with van der Waals surface area (Å²) < 4.78 is 40.7. The number of amides is 1. The van der Waals surface area contributed by atoms with E-state index >= 15 is 0 Å². The minimum atomic E-state index is -4.12. The number of hydrogen-bond donors (Lipinski definition) is 2. The first kappa shape index (κ1) is 22.9. The molecule has 0 aromatic heterocycles. The highest BCUT2D eigenvalue weighted by Gasteiger charge is 2.27. The number of sulfonamides is 1. The molecule has 0 atom stereocenters. The van der Waals surface area contributed by atoms with Gasteiger partial charge in [0.25, 0.3) is 15.9 Å². The third kappa shape index (κ3) is 4.89. The molecular weight excluding hydrogens is 457 g/mol. The monoisotopic (exact) mass is 477 g/mol. The number of carbonyl (C=O) groups is 1. The highest BCUT2D eigenvalue weighted by molar-refractivity contribution is 7.92. The first-order chi connectivity index (χ1) is 16.4. The van der Waals surface area contributed by atoms with Crippen LogP contribution in [-0.2, 0) is 14.8 Å². The van der Waals surface area contributed by atoms with E-state index in [1.54, 1.807) is 30.3 Å². The largest absolute Gasteiger partial charge is 0.507 e. The van der Waals surface area contributed by atoms with Crippen LogP contribution in [0.2, 0.25) is 0 Å². The van der Waals surface area contributed by atoms with E-state index in [4.69, 9.17) is 0 Å². The number of nitrogens with one attached hydrogen (secondary N) is 1. The molecule has 172 valence electrons.